The highest BCUT2D eigenvalue weighted by molar-refractivity contribution is 6.31. The first-order chi connectivity index (χ1) is 14.2. The predicted molar refractivity (Wildman–Crippen MR) is 115 cm³/mol. The van der Waals surface area contributed by atoms with Crippen LogP contribution in [0.5, 0.6) is 0 Å². The van der Waals surface area contributed by atoms with Crippen LogP contribution in [-0.2, 0) is 4.79 Å². The van der Waals surface area contributed by atoms with Gasteiger partial charge >= 0.3 is 0 Å². The summed E-state index contributed by atoms with van der Waals surface area (Å²) >= 11 is 0. The number of carbonyl (C=O) groups excluding carboxylic acids is 1. The molecule has 1 saturated carbocycles. The van der Waals surface area contributed by atoms with Crippen molar-refractivity contribution in [3.63, 3.8) is 0 Å². The lowest BCUT2D eigenvalue weighted by molar-refractivity contribution is -0.110. The van der Waals surface area contributed by atoms with Crippen molar-refractivity contribution in [1.29, 1.82) is 0 Å². The monoisotopic (exact) mass is 391 g/mol. The molecule has 29 heavy (non-hydrogen) atoms. The second-order valence-electron chi connectivity index (χ2n) is 8.41. The van der Waals surface area contributed by atoms with Gasteiger partial charge in [0.2, 0.25) is 0 Å². The van der Waals surface area contributed by atoms with Gasteiger partial charge in [-0.05, 0) is 61.1 Å². The van der Waals surface area contributed by atoms with Crippen LogP contribution < -0.4 is 15.5 Å². The molecule has 0 radical (unpaired) electrons. The summed E-state index contributed by atoms with van der Waals surface area (Å²) in [6.45, 7) is 2.30. The first-order valence-corrected chi connectivity index (χ1v) is 10.6. The molecular formula is C24H26FN3O. The molecule has 2 aliphatic heterocycles. The van der Waals surface area contributed by atoms with Gasteiger partial charge in [-0.1, -0.05) is 25.3 Å². The van der Waals surface area contributed by atoms with Gasteiger partial charge in [-0.3, -0.25) is 4.79 Å². The lowest BCUT2D eigenvalue weighted by Gasteiger charge is -2.42. The third-order valence-corrected chi connectivity index (χ3v) is 6.68. The molecular weight excluding hydrogens is 365 g/mol. The predicted octanol–water partition coefficient (Wildman–Crippen LogP) is 5.25. The molecule has 4 nitrogen and oxygen atoms in total. The minimum absolute atomic E-state index is 0.287. The number of hydrogen-bond donors (Lipinski definition) is 2. The molecule has 150 valence electrons. The summed E-state index contributed by atoms with van der Waals surface area (Å²) in [5, 5.41) is 5.86. The maximum Gasteiger partial charge on any atom is 0.257 e. The van der Waals surface area contributed by atoms with E-state index >= 15 is 0 Å². The fourth-order valence-corrected chi connectivity index (χ4v) is 5.10. The topological polar surface area (TPSA) is 44.4 Å². The largest absolute Gasteiger partial charge is 0.371 e. The fourth-order valence-electron chi connectivity index (χ4n) is 5.10. The Balaban J connectivity index is 1.28. The smallest absolute Gasteiger partial charge is 0.257 e. The Kier molecular flexibility index (Phi) is 4.74. The standard InChI is InChI=1S/C24H26FN3O/c25-21-6-3-7-22-23(21)20(24(29)27-22)14-26-18-8-10-19(11-9-18)28-13-12-16-4-1-2-5-17(16)15-28/h3,6-11,14,16-17,26H,1-2,4-5,12-13,15H2,(H,27,29). The summed E-state index contributed by atoms with van der Waals surface area (Å²) < 4.78 is 14.2. The molecule has 3 aliphatic rings. The minimum Gasteiger partial charge on any atom is -0.371 e. The van der Waals surface area contributed by atoms with E-state index in [1.54, 1.807) is 18.3 Å². The van der Waals surface area contributed by atoms with Gasteiger partial charge < -0.3 is 15.5 Å². The van der Waals surface area contributed by atoms with Crippen molar-refractivity contribution in [3.05, 3.63) is 60.0 Å². The van der Waals surface area contributed by atoms with Crippen LogP contribution in [0.2, 0.25) is 0 Å². The lowest BCUT2D eigenvalue weighted by atomic mass is 9.75. The SMILES string of the molecule is O=C1Nc2cccc(F)c2C1=CNc1ccc(N2CCC3CCCCC3C2)cc1. The van der Waals surface area contributed by atoms with Gasteiger partial charge in [0.05, 0.1) is 11.3 Å². The lowest BCUT2D eigenvalue weighted by Crippen LogP contribution is -2.41. The molecule has 2 atom stereocenters. The van der Waals surface area contributed by atoms with Crippen LogP contribution in [0.4, 0.5) is 21.5 Å². The number of anilines is 3. The maximum atomic E-state index is 14.2. The number of benzene rings is 2. The number of nitrogens with zero attached hydrogens (tertiary/aromatic N) is 1. The van der Waals surface area contributed by atoms with Crippen LogP contribution in [0.15, 0.2) is 48.7 Å². The van der Waals surface area contributed by atoms with Crippen molar-refractivity contribution >= 4 is 28.5 Å². The zero-order valence-electron chi connectivity index (χ0n) is 16.5. The molecule has 1 amide bonds. The minimum atomic E-state index is -0.393. The molecule has 1 saturated heterocycles. The number of rotatable bonds is 3. The van der Waals surface area contributed by atoms with Crippen molar-refractivity contribution in [2.75, 3.05) is 28.6 Å². The molecule has 2 aromatic carbocycles. The summed E-state index contributed by atoms with van der Waals surface area (Å²) in [5.41, 5.74) is 3.30. The van der Waals surface area contributed by atoms with E-state index in [0.717, 1.165) is 30.6 Å². The molecule has 0 aromatic heterocycles. The number of piperidine rings is 1. The Hall–Kier alpha value is -2.82. The van der Waals surface area contributed by atoms with Gasteiger partial charge in [-0.15, -0.1) is 0 Å². The zero-order valence-corrected chi connectivity index (χ0v) is 16.5. The van der Waals surface area contributed by atoms with E-state index in [0.29, 0.717) is 16.8 Å². The third kappa shape index (κ3) is 3.50. The Morgan fingerprint density at radius 1 is 1.03 bits per heavy atom. The molecule has 0 spiro atoms. The van der Waals surface area contributed by atoms with Crippen LogP contribution in [-0.4, -0.2) is 19.0 Å². The number of halogens is 1. The number of fused-ring (bicyclic) bond motifs is 2. The number of nitrogens with one attached hydrogen (secondary N) is 2. The number of carbonyl (C=O) groups is 1. The maximum absolute atomic E-state index is 14.2. The second-order valence-corrected chi connectivity index (χ2v) is 8.41. The van der Waals surface area contributed by atoms with Gasteiger partial charge in [0, 0.05) is 36.2 Å². The normalized spacial score (nSPS) is 24.8. The summed E-state index contributed by atoms with van der Waals surface area (Å²) in [4.78, 5) is 14.7. The van der Waals surface area contributed by atoms with Crippen LogP contribution in [0.25, 0.3) is 5.57 Å². The molecule has 2 N–H and O–H groups in total. The first kappa shape index (κ1) is 18.2. The Morgan fingerprint density at radius 2 is 1.83 bits per heavy atom. The highest BCUT2D eigenvalue weighted by Gasteiger charge is 2.31. The van der Waals surface area contributed by atoms with Gasteiger partial charge in [0.1, 0.15) is 5.82 Å². The Labute approximate surface area is 170 Å². The molecule has 1 aliphatic carbocycles. The molecule has 2 heterocycles. The highest BCUT2D eigenvalue weighted by atomic mass is 19.1. The summed E-state index contributed by atoms with van der Waals surface area (Å²) in [6.07, 6.45) is 8.46. The van der Waals surface area contributed by atoms with E-state index in [4.69, 9.17) is 0 Å². The van der Waals surface area contributed by atoms with E-state index in [2.05, 4.69) is 27.7 Å². The average molecular weight is 391 g/mol. The van der Waals surface area contributed by atoms with Crippen LogP contribution in [0.3, 0.4) is 0 Å². The van der Waals surface area contributed by atoms with E-state index in [-0.39, 0.29) is 5.91 Å². The molecule has 5 rings (SSSR count). The van der Waals surface area contributed by atoms with Gasteiger partial charge in [0.25, 0.3) is 5.91 Å². The summed E-state index contributed by atoms with van der Waals surface area (Å²) in [7, 11) is 0. The van der Waals surface area contributed by atoms with Gasteiger partial charge in [0.15, 0.2) is 0 Å². The van der Waals surface area contributed by atoms with E-state index in [1.807, 2.05) is 12.1 Å². The molecule has 0 bridgehead atoms. The summed E-state index contributed by atoms with van der Waals surface area (Å²) in [5.74, 6) is 1.09. The van der Waals surface area contributed by atoms with Crippen molar-refractivity contribution in [2.45, 2.75) is 32.1 Å². The van der Waals surface area contributed by atoms with Crippen LogP contribution >= 0.6 is 0 Å². The molecule has 5 heteroatoms. The van der Waals surface area contributed by atoms with E-state index in [9.17, 15) is 9.18 Å². The van der Waals surface area contributed by atoms with Gasteiger partial charge in [-0.2, -0.15) is 0 Å². The average Bonchev–Trinajstić information content (AvgIpc) is 3.08. The Bertz CT molecular complexity index is 953. The van der Waals surface area contributed by atoms with Crippen molar-refractivity contribution in [3.8, 4) is 0 Å². The van der Waals surface area contributed by atoms with Crippen molar-refractivity contribution < 1.29 is 9.18 Å². The van der Waals surface area contributed by atoms with Gasteiger partial charge in [-0.25, -0.2) is 4.39 Å². The second kappa shape index (κ2) is 7.54. The van der Waals surface area contributed by atoms with E-state index in [1.165, 1.54) is 43.9 Å². The molecule has 2 fully saturated rings. The van der Waals surface area contributed by atoms with Crippen LogP contribution in [0, 0.1) is 17.7 Å². The highest BCUT2D eigenvalue weighted by Crippen LogP contribution is 2.38. The Morgan fingerprint density at radius 3 is 2.66 bits per heavy atom. The number of amides is 1. The fraction of sp³-hybridized carbons (Fsp3) is 0.375. The molecule has 2 aromatic rings. The summed E-state index contributed by atoms with van der Waals surface area (Å²) in [6, 6.07) is 13.0. The quantitative estimate of drug-likeness (QED) is 0.703. The van der Waals surface area contributed by atoms with Crippen molar-refractivity contribution in [1.82, 2.24) is 0 Å². The molecule has 2 unspecified atom stereocenters. The zero-order chi connectivity index (χ0) is 19.8. The number of hydrogen-bond acceptors (Lipinski definition) is 3. The van der Waals surface area contributed by atoms with Crippen molar-refractivity contribution in [2.24, 2.45) is 11.8 Å². The van der Waals surface area contributed by atoms with Crippen LogP contribution in [0.1, 0.15) is 37.7 Å². The third-order valence-electron chi connectivity index (χ3n) is 6.68. The first-order valence-electron chi connectivity index (χ1n) is 10.6. The van der Waals surface area contributed by atoms with E-state index < -0.39 is 5.82 Å².